The SMILES string of the molecule is CN(CC1CCCC1O)C(=O)Nc1cnn(-c2ccccc2)c1. The van der Waals surface area contributed by atoms with E-state index in [4.69, 9.17) is 0 Å². The fourth-order valence-corrected chi connectivity index (χ4v) is 2.99. The first-order valence-electron chi connectivity index (χ1n) is 7.94. The van der Waals surface area contributed by atoms with Crippen LogP contribution in [-0.2, 0) is 0 Å². The number of urea groups is 1. The molecular formula is C17H22N4O2. The second kappa shape index (κ2) is 6.83. The number of amides is 2. The molecule has 2 amide bonds. The maximum absolute atomic E-state index is 12.2. The minimum atomic E-state index is -0.286. The Hall–Kier alpha value is -2.34. The van der Waals surface area contributed by atoms with Crippen molar-refractivity contribution in [1.29, 1.82) is 0 Å². The van der Waals surface area contributed by atoms with Crippen LogP contribution in [0.5, 0.6) is 0 Å². The number of hydrogen-bond donors (Lipinski definition) is 2. The van der Waals surface area contributed by atoms with Crippen molar-refractivity contribution in [2.45, 2.75) is 25.4 Å². The first-order valence-corrected chi connectivity index (χ1v) is 7.94. The van der Waals surface area contributed by atoms with Crippen molar-refractivity contribution in [2.75, 3.05) is 18.9 Å². The lowest BCUT2D eigenvalue weighted by Crippen LogP contribution is -2.37. The van der Waals surface area contributed by atoms with Gasteiger partial charge in [0.05, 0.1) is 29.9 Å². The van der Waals surface area contributed by atoms with E-state index < -0.39 is 0 Å². The lowest BCUT2D eigenvalue weighted by atomic mass is 10.1. The molecule has 122 valence electrons. The maximum atomic E-state index is 12.2. The van der Waals surface area contributed by atoms with Gasteiger partial charge < -0.3 is 15.3 Å². The monoisotopic (exact) mass is 314 g/mol. The molecule has 1 aliphatic carbocycles. The van der Waals surface area contributed by atoms with Crippen LogP contribution in [0.15, 0.2) is 42.7 Å². The van der Waals surface area contributed by atoms with Crippen LogP contribution in [0.25, 0.3) is 5.69 Å². The van der Waals surface area contributed by atoms with Crippen LogP contribution in [0.2, 0.25) is 0 Å². The van der Waals surface area contributed by atoms with Crippen LogP contribution in [0.4, 0.5) is 10.5 Å². The number of nitrogens with zero attached hydrogens (tertiary/aromatic N) is 3. The number of aliphatic hydroxyl groups excluding tert-OH is 1. The van der Waals surface area contributed by atoms with Crippen molar-refractivity contribution in [3.05, 3.63) is 42.7 Å². The standard InChI is InChI=1S/C17H22N4O2/c1-20(11-13-6-5-9-16(13)22)17(23)19-14-10-18-21(12-14)15-7-3-2-4-8-15/h2-4,7-8,10,12-13,16,22H,5-6,9,11H2,1H3,(H,19,23). The van der Waals surface area contributed by atoms with E-state index in [1.54, 1.807) is 29.0 Å². The first-order chi connectivity index (χ1) is 11.1. The Balaban J connectivity index is 1.58. The smallest absolute Gasteiger partial charge is 0.321 e. The largest absolute Gasteiger partial charge is 0.393 e. The van der Waals surface area contributed by atoms with Crippen LogP contribution in [0, 0.1) is 5.92 Å². The molecule has 0 saturated heterocycles. The molecule has 2 N–H and O–H groups in total. The normalized spacial score (nSPS) is 20.4. The Morgan fingerprint density at radius 3 is 2.87 bits per heavy atom. The highest BCUT2D eigenvalue weighted by atomic mass is 16.3. The topological polar surface area (TPSA) is 70.4 Å². The van der Waals surface area contributed by atoms with Crippen molar-refractivity contribution >= 4 is 11.7 Å². The summed E-state index contributed by atoms with van der Waals surface area (Å²) >= 11 is 0. The molecule has 2 aromatic rings. The van der Waals surface area contributed by atoms with Crippen LogP contribution in [0.1, 0.15) is 19.3 Å². The summed E-state index contributed by atoms with van der Waals surface area (Å²) in [6, 6.07) is 9.54. The van der Waals surface area contributed by atoms with Crippen LogP contribution in [-0.4, -0.2) is 45.5 Å². The third-order valence-corrected chi connectivity index (χ3v) is 4.33. The van der Waals surface area contributed by atoms with Crippen LogP contribution < -0.4 is 5.32 Å². The number of aliphatic hydroxyl groups is 1. The predicted octanol–water partition coefficient (Wildman–Crippen LogP) is 2.50. The average Bonchev–Trinajstić information content (AvgIpc) is 3.18. The number of aromatic nitrogens is 2. The average molecular weight is 314 g/mol. The van der Waals surface area contributed by atoms with Crippen molar-refractivity contribution in [1.82, 2.24) is 14.7 Å². The molecule has 23 heavy (non-hydrogen) atoms. The molecule has 3 rings (SSSR count). The van der Waals surface area contributed by atoms with Crippen LogP contribution >= 0.6 is 0 Å². The summed E-state index contributed by atoms with van der Waals surface area (Å²) < 4.78 is 1.72. The van der Waals surface area contributed by atoms with Gasteiger partial charge in [0.1, 0.15) is 0 Å². The zero-order chi connectivity index (χ0) is 16.2. The van der Waals surface area contributed by atoms with E-state index >= 15 is 0 Å². The molecule has 2 unspecified atom stereocenters. The second-order valence-corrected chi connectivity index (χ2v) is 6.08. The van der Waals surface area contributed by atoms with Gasteiger partial charge in [-0.3, -0.25) is 0 Å². The van der Waals surface area contributed by atoms with Gasteiger partial charge in [-0.2, -0.15) is 5.10 Å². The highest BCUT2D eigenvalue weighted by Crippen LogP contribution is 2.26. The van der Waals surface area contributed by atoms with Gasteiger partial charge in [-0.05, 0) is 25.0 Å². The van der Waals surface area contributed by atoms with E-state index in [2.05, 4.69) is 10.4 Å². The Kier molecular flexibility index (Phi) is 4.62. The molecule has 6 nitrogen and oxygen atoms in total. The van der Waals surface area contributed by atoms with E-state index in [9.17, 15) is 9.90 Å². The molecule has 0 radical (unpaired) electrons. The van der Waals surface area contributed by atoms with Crippen LogP contribution in [0.3, 0.4) is 0 Å². The van der Waals surface area contributed by atoms with E-state index in [0.29, 0.717) is 12.2 Å². The van der Waals surface area contributed by atoms with E-state index in [-0.39, 0.29) is 18.1 Å². The molecule has 1 aliphatic rings. The molecule has 0 spiro atoms. The fraction of sp³-hybridized carbons (Fsp3) is 0.412. The highest BCUT2D eigenvalue weighted by molar-refractivity contribution is 5.88. The molecule has 0 aliphatic heterocycles. The first kappa shape index (κ1) is 15.6. The van der Waals surface area contributed by atoms with E-state index in [1.165, 1.54) is 0 Å². The summed E-state index contributed by atoms with van der Waals surface area (Å²) in [4.78, 5) is 13.9. The summed E-state index contributed by atoms with van der Waals surface area (Å²) in [5, 5.41) is 17.0. The number of benzene rings is 1. The third kappa shape index (κ3) is 3.71. The number of carbonyl (C=O) groups excluding carboxylic acids is 1. The van der Waals surface area contributed by atoms with Gasteiger partial charge in [0.15, 0.2) is 0 Å². The van der Waals surface area contributed by atoms with E-state index in [0.717, 1.165) is 24.9 Å². The lowest BCUT2D eigenvalue weighted by Gasteiger charge is -2.23. The summed E-state index contributed by atoms with van der Waals surface area (Å²) in [5.41, 5.74) is 1.59. The van der Waals surface area contributed by atoms with Gasteiger partial charge in [-0.1, -0.05) is 24.6 Å². The summed E-state index contributed by atoms with van der Waals surface area (Å²) in [6.45, 7) is 0.569. The Labute approximate surface area is 135 Å². The molecule has 0 bridgehead atoms. The molecule has 2 atom stereocenters. The zero-order valence-electron chi connectivity index (χ0n) is 13.2. The molecule has 1 saturated carbocycles. The number of rotatable bonds is 4. The summed E-state index contributed by atoms with van der Waals surface area (Å²) in [5.74, 6) is 0.179. The number of anilines is 1. The maximum Gasteiger partial charge on any atom is 0.321 e. The predicted molar refractivity (Wildman–Crippen MR) is 88.6 cm³/mol. The molecular weight excluding hydrogens is 292 g/mol. The molecule has 6 heteroatoms. The Morgan fingerprint density at radius 2 is 2.17 bits per heavy atom. The van der Waals surface area contributed by atoms with Gasteiger partial charge in [0, 0.05) is 19.5 Å². The van der Waals surface area contributed by atoms with Gasteiger partial charge in [0.2, 0.25) is 0 Å². The molecule has 1 aromatic carbocycles. The third-order valence-electron chi connectivity index (χ3n) is 4.33. The van der Waals surface area contributed by atoms with E-state index in [1.807, 2.05) is 30.3 Å². The van der Waals surface area contributed by atoms with Gasteiger partial charge in [-0.15, -0.1) is 0 Å². The Bertz CT molecular complexity index is 656. The van der Waals surface area contributed by atoms with Gasteiger partial charge in [0.25, 0.3) is 0 Å². The van der Waals surface area contributed by atoms with Crippen molar-refractivity contribution in [3.63, 3.8) is 0 Å². The van der Waals surface area contributed by atoms with Crippen molar-refractivity contribution < 1.29 is 9.90 Å². The fourth-order valence-electron chi connectivity index (χ4n) is 2.99. The number of hydrogen-bond acceptors (Lipinski definition) is 3. The molecule has 1 heterocycles. The quantitative estimate of drug-likeness (QED) is 0.911. The Morgan fingerprint density at radius 1 is 1.39 bits per heavy atom. The van der Waals surface area contributed by atoms with Gasteiger partial charge >= 0.3 is 6.03 Å². The molecule has 1 aromatic heterocycles. The number of para-hydroxylation sites is 1. The lowest BCUT2D eigenvalue weighted by molar-refractivity contribution is 0.116. The molecule has 1 fully saturated rings. The van der Waals surface area contributed by atoms with Crippen molar-refractivity contribution in [2.24, 2.45) is 5.92 Å². The zero-order valence-corrected chi connectivity index (χ0v) is 13.2. The number of nitrogens with one attached hydrogen (secondary N) is 1. The van der Waals surface area contributed by atoms with Gasteiger partial charge in [-0.25, -0.2) is 9.48 Å². The van der Waals surface area contributed by atoms with Crippen molar-refractivity contribution in [3.8, 4) is 5.69 Å². The number of carbonyl (C=O) groups is 1. The summed E-state index contributed by atoms with van der Waals surface area (Å²) in [6.07, 6.45) is 5.97. The minimum Gasteiger partial charge on any atom is -0.393 e. The second-order valence-electron chi connectivity index (χ2n) is 6.08. The highest BCUT2D eigenvalue weighted by Gasteiger charge is 2.27. The summed E-state index contributed by atoms with van der Waals surface area (Å²) in [7, 11) is 1.75. The minimum absolute atomic E-state index is 0.179.